The number of nitrogens with one attached hydrogen (secondary N) is 2. The third kappa shape index (κ3) is 3.79. The molecule has 5 heteroatoms. The number of benzene rings is 1. The summed E-state index contributed by atoms with van der Waals surface area (Å²) in [5, 5.41) is 2.88. The number of fused-ring (bicyclic) bond motifs is 1. The lowest BCUT2D eigenvalue weighted by Crippen LogP contribution is -2.26. The van der Waals surface area contributed by atoms with Gasteiger partial charge in [0.1, 0.15) is 0 Å². The van der Waals surface area contributed by atoms with Crippen molar-refractivity contribution in [3.8, 4) is 0 Å². The van der Waals surface area contributed by atoms with Crippen molar-refractivity contribution >= 4 is 16.9 Å². The molecule has 1 aromatic carbocycles. The van der Waals surface area contributed by atoms with Crippen molar-refractivity contribution in [3.05, 3.63) is 30.1 Å². The van der Waals surface area contributed by atoms with Gasteiger partial charge in [-0.2, -0.15) is 0 Å². The Balaban J connectivity index is 1.83. The first-order valence-electron chi connectivity index (χ1n) is 6.54. The number of amides is 1. The van der Waals surface area contributed by atoms with Gasteiger partial charge in [0.15, 0.2) is 5.82 Å². The van der Waals surface area contributed by atoms with Crippen LogP contribution in [0.15, 0.2) is 24.3 Å². The highest BCUT2D eigenvalue weighted by molar-refractivity contribution is 5.94. The van der Waals surface area contributed by atoms with Crippen LogP contribution in [-0.4, -0.2) is 48.0 Å². The molecule has 0 radical (unpaired) electrons. The van der Waals surface area contributed by atoms with E-state index in [1.54, 1.807) is 0 Å². The van der Waals surface area contributed by atoms with Crippen LogP contribution in [0.3, 0.4) is 0 Å². The van der Waals surface area contributed by atoms with Crippen LogP contribution >= 0.6 is 0 Å². The molecule has 102 valence electrons. The van der Waals surface area contributed by atoms with Crippen molar-refractivity contribution in [1.82, 2.24) is 20.2 Å². The fourth-order valence-corrected chi connectivity index (χ4v) is 1.90. The molecule has 5 nitrogen and oxygen atoms in total. The van der Waals surface area contributed by atoms with Gasteiger partial charge in [0.25, 0.3) is 5.91 Å². The van der Waals surface area contributed by atoms with E-state index < -0.39 is 0 Å². The molecule has 0 saturated carbocycles. The molecule has 0 atom stereocenters. The van der Waals surface area contributed by atoms with Crippen LogP contribution in [0.25, 0.3) is 11.0 Å². The van der Waals surface area contributed by atoms with Crippen LogP contribution in [0.4, 0.5) is 0 Å². The molecule has 2 aromatic rings. The maximum Gasteiger partial charge on any atom is 0.287 e. The zero-order chi connectivity index (χ0) is 13.7. The Hall–Kier alpha value is -1.88. The Morgan fingerprint density at radius 1 is 1.32 bits per heavy atom. The normalized spacial score (nSPS) is 11.1. The number of aromatic amines is 1. The Bertz CT molecular complexity index is 514. The molecule has 0 aliphatic carbocycles. The highest BCUT2D eigenvalue weighted by Gasteiger charge is 2.09. The summed E-state index contributed by atoms with van der Waals surface area (Å²) in [7, 11) is 4.10. The van der Waals surface area contributed by atoms with Gasteiger partial charge in [-0.25, -0.2) is 4.98 Å². The number of nitrogens with zero attached hydrogens (tertiary/aromatic N) is 2. The van der Waals surface area contributed by atoms with Crippen molar-refractivity contribution in [2.45, 2.75) is 12.8 Å². The van der Waals surface area contributed by atoms with Crippen LogP contribution in [0.2, 0.25) is 0 Å². The standard InChI is InChI=1S/C14H20N4O/c1-18(2)10-6-5-9-15-14(19)13-16-11-7-3-4-8-12(11)17-13/h3-4,7-8H,5-6,9-10H2,1-2H3,(H,15,19)(H,16,17). The number of rotatable bonds is 6. The van der Waals surface area contributed by atoms with Crippen molar-refractivity contribution in [2.24, 2.45) is 0 Å². The van der Waals surface area contributed by atoms with Gasteiger partial charge in [-0.1, -0.05) is 12.1 Å². The van der Waals surface area contributed by atoms with Gasteiger partial charge in [0.05, 0.1) is 11.0 Å². The lowest BCUT2D eigenvalue weighted by atomic mass is 10.3. The van der Waals surface area contributed by atoms with Crippen LogP contribution < -0.4 is 5.32 Å². The number of para-hydroxylation sites is 2. The van der Waals surface area contributed by atoms with Gasteiger partial charge >= 0.3 is 0 Å². The first kappa shape index (κ1) is 13.5. The molecule has 1 heterocycles. The highest BCUT2D eigenvalue weighted by atomic mass is 16.2. The largest absolute Gasteiger partial charge is 0.349 e. The summed E-state index contributed by atoms with van der Waals surface area (Å²) in [5.41, 5.74) is 1.71. The molecular weight excluding hydrogens is 240 g/mol. The molecule has 0 aliphatic rings. The first-order valence-corrected chi connectivity index (χ1v) is 6.54. The van der Waals surface area contributed by atoms with E-state index in [4.69, 9.17) is 0 Å². The second-order valence-electron chi connectivity index (χ2n) is 4.87. The summed E-state index contributed by atoms with van der Waals surface area (Å²) in [6, 6.07) is 7.63. The van der Waals surface area contributed by atoms with E-state index in [1.807, 2.05) is 38.4 Å². The van der Waals surface area contributed by atoms with Crippen molar-refractivity contribution < 1.29 is 4.79 Å². The third-order valence-electron chi connectivity index (χ3n) is 2.92. The highest BCUT2D eigenvalue weighted by Crippen LogP contribution is 2.09. The number of carbonyl (C=O) groups is 1. The van der Waals surface area contributed by atoms with Crippen LogP contribution in [0.1, 0.15) is 23.5 Å². The van der Waals surface area contributed by atoms with Gasteiger partial charge < -0.3 is 15.2 Å². The zero-order valence-electron chi connectivity index (χ0n) is 11.4. The number of aromatic nitrogens is 2. The molecule has 1 amide bonds. The van der Waals surface area contributed by atoms with E-state index in [1.165, 1.54) is 0 Å². The number of imidazole rings is 1. The molecule has 2 rings (SSSR count). The predicted molar refractivity (Wildman–Crippen MR) is 76.2 cm³/mol. The quantitative estimate of drug-likeness (QED) is 0.776. The minimum Gasteiger partial charge on any atom is -0.349 e. The smallest absolute Gasteiger partial charge is 0.287 e. The number of hydrogen-bond acceptors (Lipinski definition) is 3. The molecular formula is C14H20N4O. The summed E-state index contributed by atoms with van der Waals surface area (Å²) >= 11 is 0. The van der Waals surface area contributed by atoms with Crippen LogP contribution in [0.5, 0.6) is 0 Å². The Morgan fingerprint density at radius 2 is 2.11 bits per heavy atom. The zero-order valence-corrected chi connectivity index (χ0v) is 11.4. The molecule has 2 N–H and O–H groups in total. The van der Waals surface area contributed by atoms with Gasteiger partial charge in [0.2, 0.25) is 0 Å². The Morgan fingerprint density at radius 3 is 2.84 bits per heavy atom. The first-order chi connectivity index (χ1) is 9.16. The summed E-state index contributed by atoms with van der Waals surface area (Å²) in [4.78, 5) is 21.3. The molecule has 1 aromatic heterocycles. The van der Waals surface area contributed by atoms with Crippen LogP contribution in [-0.2, 0) is 0 Å². The van der Waals surface area contributed by atoms with E-state index in [0.29, 0.717) is 12.4 Å². The van der Waals surface area contributed by atoms with Crippen molar-refractivity contribution in [3.63, 3.8) is 0 Å². The summed E-state index contributed by atoms with van der Waals surface area (Å²) in [5.74, 6) is 0.245. The monoisotopic (exact) mass is 260 g/mol. The van der Waals surface area contributed by atoms with E-state index in [2.05, 4.69) is 20.2 Å². The van der Waals surface area contributed by atoms with Gasteiger partial charge in [-0.05, 0) is 45.6 Å². The second kappa shape index (κ2) is 6.33. The summed E-state index contributed by atoms with van der Waals surface area (Å²) < 4.78 is 0. The lowest BCUT2D eigenvalue weighted by Gasteiger charge is -2.08. The number of H-pyrrole nitrogens is 1. The topological polar surface area (TPSA) is 61.0 Å². The van der Waals surface area contributed by atoms with E-state index in [9.17, 15) is 4.79 Å². The maximum absolute atomic E-state index is 11.9. The average Bonchev–Trinajstić information content (AvgIpc) is 2.81. The fraction of sp³-hybridized carbons (Fsp3) is 0.429. The number of carbonyl (C=O) groups excluding carboxylic acids is 1. The van der Waals surface area contributed by atoms with E-state index in [-0.39, 0.29) is 5.91 Å². The van der Waals surface area contributed by atoms with E-state index >= 15 is 0 Å². The molecule has 0 spiro atoms. The minimum absolute atomic E-state index is 0.138. The molecule has 0 bridgehead atoms. The Labute approximate surface area is 113 Å². The second-order valence-corrected chi connectivity index (χ2v) is 4.87. The lowest BCUT2D eigenvalue weighted by molar-refractivity contribution is 0.0943. The average molecular weight is 260 g/mol. The molecule has 0 unspecified atom stereocenters. The van der Waals surface area contributed by atoms with Crippen molar-refractivity contribution in [1.29, 1.82) is 0 Å². The maximum atomic E-state index is 11.9. The SMILES string of the molecule is CN(C)CCCCNC(=O)c1nc2ccccc2[nH]1. The van der Waals surface area contributed by atoms with E-state index in [0.717, 1.165) is 30.4 Å². The molecule has 19 heavy (non-hydrogen) atoms. The van der Waals surface area contributed by atoms with Crippen LogP contribution in [0, 0.1) is 0 Å². The fourth-order valence-electron chi connectivity index (χ4n) is 1.90. The number of unbranched alkanes of at least 4 members (excludes halogenated alkanes) is 1. The van der Waals surface area contributed by atoms with Gasteiger partial charge in [-0.3, -0.25) is 4.79 Å². The van der Waals surface area contributed by atoms with Gasteiger partial charge in [0, 0.05) is 6.54 Å². The summed E-state index contributed by atoms with van der Waals surface area (Å²) in [6.45, 7) is 1.73. The molecule has 0 saturated heterocycles. The van der Waals surface area contributed by atoms with Crippen molar-refractivity contribution in [2.75, 3.05) is 27.2 Å². The summed E-state index contributed by atoms with van der Waals surface area (Å²) in [6.07, 6.45) is 2.05. The third-order valence-corrected chi connectivity index (χ3v) is 2.92. The predicted octanol–water partition coefficient (Wildman–Crippen LogP) is 1.63. The minimum atomic E-state index is -0.138. The Kier molecular flexibility index (Phi) is 4.52. The number of hydrogen-bond donors (Lipinski definition) is 2. The molecule has 0 fully saturated rings. The van der Waals surface area contributed by atoms with Gasteiger partial charge in [-0.15, -0.1) is 0 Å². The molecule has 0 aliphatic heterocycles.